The summed E-state index contributed by atoms with van der Waals surface area (Å²) in [5.41, 5.74) is 5.89. The Balaban J connectivity index is 1.88. The monoisotopic (exact) mass is 226 g/mol. The molecule has 3 atom stereocenters. The fourth-order valence-electron chi connectivity index (χ4n) is 3.17. The number of nitrogens with zero attached hydrogens (tertiary/aromatic N) is 1. The van der Waals surface area contributed by atoms with E-state index in [1.165, 1.54) is 38.6 Å². The molecule has 16 heavy (non-hydrogen) atoms. The molecule has 0 amide bonds. The van der Waals surface area contributed by atoms with Gasteiger partial charge < -0.3 is 10.5 Å². The second-order valence-electron chi connectivity index (χ2n) is 5.45. The van der Waals surface area contributed by atoms with Crippen molar-refractivity contribution in [2.45, 2.75) is 51.1 Å². The normalized spacial score (nSPS) is 37.5. The van der Waals surface area contributed by atoms with Crippen LogP contribution in [0, 0.1) is 5.92 Å². The standard InChI is InChI=1S/C13H26N2O/c1-11-4-2-6-13(8-14)15(11)9-12-5-3-7-16-10-12/h11-13H,2-10,14H2,1H3. The number of hydrogen-bond donors (Lipinski definition) is 1. The second-order valence-corrected chi connectivity index (χ2v) is 5.45. The summed E-state index contributed by atoms with van der Waals surface area (Å²) < 4.78 is 5.57. The molecule has 2 saturated heterocycles. The lowest BCUT2D eigenvalue weighted by atomic mass is 9.93. The van der Waals surface area contributed by atoms with E-state index in [1.54, 1.807) is 0 Å². The van der Waals surface area contributed by atoms with E-state index < -0.39 is 0 Å². The molecule has 94 valence electrons. The lowest BCUT2D eigenvalue weighted by Crippen LogP contribution is -2.51. The number of nitrogens with two attached hydrogens (primary N) is 1. The van der Waals surface area contributed by atoms with Crippen LogP contribution in [0.4, 0.5) is 0 Å². The Morgan fingerprint density at radius 3 is 2.81 bits per heavy atom. The summed E-state index contributed by atoms with van der Waals surface area (Å²) >= 11 is 0. The van der Waals surface area contributed by atoms with Gasteiger partial charge in [-0.3, -0.25) is 4.90 Å². The first kappa shape index (κ1) is 12.3. The summed E-state index contributed by atoms with van der Waals surface area (Å²) in [6, 6.07) is 1.33. The van der Waals surface area contributed by atoms with E-state index in [-0.39, 0.29) is 0 Å². The van der Waals surface area contributed by atoms with Gasteiger partial charge >= 0.3 is 0 Å². The summed E-state index contributed by atoms with van der Waals surface area (Å²) in [6.07, 6.45) is 6.54. The third-order valence-electron chi connectivity index (χ3n) is 4.19. The third kappa shape index (κ3) is 2.96. The van der Waals surface area contributed by atoms with E-state index in [1.807, 2.05) is 0 Å². The molecule has 2 N–H and O–H groups in total. The number of likely N-dealkylation sites (tertiary alicyclic amines) is 1. The van der Waals surface area contributed by atoms with Crippen molar-refractivity contribution in [1.29, 1.82) is 0 Å². The van der Waals surface area contributed by atoms with Crippen LogP contribution in [-0.2, 0) is 4.74 Å². The molecule has 0 aliphatic carbocycles. The van der Waals surface area contributed by atoms with Crippen LogP contribution in [0.3, 0.4) is 0 Å². The van der Waals surface area contributed by atoms with E-state index >= 15 is 0 Å². The first-order valence-electron chi connectivity index (χ1n) is 6.85. The van der Waals surface area contributed by atoms with Gasteiger partial charge in [0.05, 0.1) is 6.61 Å². The predicted octanol–water partition coefficient (Wildman–Crippen LogP) is 1.61. The predicted molar refractivity (Wildman–Crippen MR) is 66.4 cm³/mol. The number of piperidine rings is 1. The Kier molecular flexibility index (Phi) is 4.62. The van der Waals surface area contributed by atoms with Gasteiger partial charge in [-0.05, 0) is 38.5 Å². The Hall–Kier alpha value is -0.120. The Morgan fingerprint density at radius 2 is 2.12 bits per heavy atom. The second kappa shape index (κ2) is 5.99. The van der Waals surface area contributed by atoms with Gasteiger partial charge in [-0.2, -0.15) is 0 Å². The molecule has 0 aromatic rings. The molecule has 2 aliphatic heterocycles. The van der Waals surface area contributed by atoms with Gasteiger partial charge in [-0.25, -0.2) is 0 Å². The molecule has 0 spiro atoms. The SMILES string of the molecule is CC1CCCC(CN)N1CC1CCCOC1. The zero-order valence-corrected chi connectivity index (χ0v) is 10.5. The molecule has 2 rings (SSSR count). The van der Waals surface area contributed by atoms with Gasteiger partial charge in [-0.15, -0.1) is 0 Å². The van der Waals surface area contributed by atoms with Crippen molar-refractivity contribution in [3.05, 3.63) is 0 Å². The molecule has 3 heteroatoms. The molecule has 0 bridgehead atoms. The van der Waals surface area contributed by atoms with E-state index in [0.29, 0.717) is 12.1 Å². The maximum absolute atomic E-state index is 5.89. The van der Waals surface area contributed by atoms with E-state index in [2.05, 4.69) is 11.8 Å². The van der Waals surface area contributed by atoms with Crippen molar-refractivity contribution >= 4 is 0 Å². The van der Waals surface area contributed by atoms with Crippen molar-refractivity contribution in [2.24, 2.45) is 11.7 Å². The molecule has 2 heterocycles. The van der Waals surface area contributed by atoms with E-state index in [4.69, 9.17) is 10.5 Å². The highest BCUT2D eigenvalue weighted by molar-refractivity contribution is 4.84. The zero-order chi connectivity index (χ0) is 11.4. The van der Waals surface area contributed by atoms with Crippen LogP contribution in [0.2, 0.25) is 0 Å². The van der Waals surface area contributed by atoms with E-state index in [9.17, 15) is 0 Å². The van der Waals surface area contributed by atoms with Crippen LogP contribution >= 0.6 is 0 Å². The quantitative estimate of drug-likeness (QED) is 0.794. The van der Waals surface area contributed by atoms with Gasteiger partial charge in [0.15, 0.2) is 0 Å². The highest BCUT2D eigenvalue weighted by atomic mass is 16.5. The van der Waals surface area contributed by atoms with Crippen LogP contribution in [0.1, 0.15) is 39.0 Å². The largest absolute Gasteiger partial charge is 0.381 e. The van der Waals surface area contributed by atoms with E-state index in [0.717, 1.165) is 25.7 Å². The average Bonchev–Trinajstić information content (AvgIpc) is 2.33. The minimum Gasteiger partial charge on any atom is -0.381 e. The summed E-state index contributed by atoms with van der Waals surface area (Å²) in [6.45, 7) is 6.29. The number of ether oxygens (including phenoxy) is 1. The van der Waals surface area contributed by atoms with Crippen molar-refractivity contribution in [3.8, 4) is 0 Å². The highest BCUT2D eigenvalue weighted by Gasteiger charge is 2.29. The molecule has 3 nitrogen and oxygen atoms in total. The Morgan fingerprint density at radius 1 is 1.25 bits per heavy atom. The first-order chi connectivity index (χ1) is 7.81. The Bertz CT molecular complexity index is 204. The lowest BCUT2D eigenvalue weighted by Gasteiger charge is -2.42. The molecule has 0 radical (unpaired) electrons. The molecule has 0 aromatic heterocycles. The molecule has 3 unspecified atom stereocenters. The average molecular weight is 226 g/mol. The topological polar surface area (TPSA) is 38.5 Å². The zero-order valence-electron chi connectivity index (χ0n) is 10.5. The molecule has 0 aromatic carbocycles. The van der Waals surface area contributed by atoms with Crippen molar-refractivity contribution in [3.63, 3.8) is 0 Å². The van der Waals surface area contributed by atoms with Crippen LogP contribution in [0.5, 0.6) is 0 Å². The molecular weight excluding hydrogens is 200 g/mol. The van der Waals surface area contributed by atoms with Crippen LogP contribution in [-0.4, -0.2) is 43.3 Å². The fraction of sp³-hybridized carbons (Fsp3) is 1.00. The molecular formula is C13H26N2O. The maximum atomic E-state index is 5.89. The van der Waals surface area contributed by atoms with Crippen LogP contribution < -0.4 is 5.73 Å². The number of rotatable bonds is 3. The highest BCUT2D eigenvalue weighted by Crippen LogP contribution is 2.25. The summed E-state index contributed by atoms with van der Waals surface area (Å²) in [7, 11) is 0. The smallest absolute Gasteiger partial charge is 0.0506 e. The Labute approximate surface area is 99.3 Å². The minimum absolute atomic E-state index is 0.616. The summed E-state index contributed by atoms with van der Waals surface area (Å²) in [4.78, 5) is 2.64. The van der Waals surface area contributed by atoms with Gasteiger partial charge in [0.25, 0.3) is 0 Å². The fourth-order valence-corrected chi connectivity index (χ4v) is 3.17. The molecule has 0 saturated carbocycles. The van der Waals surface area contributed by atoms with Crippen molar-refractivity contribution in [1.82, 2.24) is 4.90 Å². The lowest BCUT2D eigenvalue weighted by molar-refractivity contribution is 0.0111. The van der Waals surface area contributed by atoms with Gasteiger partial charge in [0.1, 0.15) is 0 Å². The molecule has 2 fully saturated rings. The van der Waals surface area contributed by atoms with Crippen molar-refractivity contribution < 1.29 is 4.74 Å². The van der Waals surface area contributed by atoms with Crippen LogP contribution in [0.25, 0.3) is 0 Å². The molecule has 2 aliphatic rings. The summed E-state index contributed by atoms with van der Waals surface area (Å²) in [5, 5.41) is 0. The first-order valence-corrected chi connectivity index (χ1v) is 6.85. The third-order valence-corrected chi connectivity index (χ3v) is 4.19. The van der Waals surface area contributed by atoms with Gasteiger partial charge in [0, 0.05) is 31.8 Å². The van der Waals surface area contributed by atoms with Crippen molar-refractivity contribution in [2.75, 3.05) is 26.3 Å². The van der Waals surface area contributed by atoms with Crippen LogP contribution in [0.15, 0.2) is 0 Å². The minimum atomic E-state index is 0.616. The van der Waals surface area contributed by atoms with Gasteiger partial charge in [-0.1, -0.05) is 6.42 Å². The number of hydrogen-bond acceptors (Lipinski definition) is 3. The maximum Gasteiger partial charge on any atom is 0.0506 e. The van der Waals surface area contributed by atoms with Gasteiger partial charge in [0.2, 0.25) is 0 Å². The summed E-state index contributed by atoms with van der Waals surface area (Å²) in [5.74, 6) is 0.739.